The average molecular weight is 439 g/mol. The molecule has 0 unspecified atom stereocenters. The van der Waals surface area contributed by atoms with E-state index >= 15 is 0 Å². The molecule has 10 heteroatoms. The third-order valence-electron chi connectivity index (χ3n) is 5.50. The van der Waals surface area contributed by atoms with Gasteiger partial charge in [0.05, 0.1) is 18.4 Å². The molecule has 31 heavy (non-hydrogen) atoms. The van der Waals surface area contributed by atoms with Crippen molar-refractivity contribution in [2.75, 3.05) is 33.4 Å². The summed E-state index contributed by atoms with van der Waals surface area (Å²) < 4.78 is 18.7. The minimum Gasteiger partial charge on any atom is -0.483 e. The molecular weight excluding hydrogens is 407 g/mol. The summed E-state index contributed by atoms with van der Waals surface area (Å²) in [4.78, 5) is 38.9. The zero-order chi connectivity index (χ0) is 22.6. The maximum absolute atomic E-state index is 13.7. The number of hydrogen-bond acceptors (Lipinski definition) is 6. The normalized spacial score (nSPS) is 20.5. The van der Waals surface area contributed by atoms with Crippen LogP contribution >= 0.6 is 0 Å². The lowest BCUT2D eigenvalue weighted by molar-refractivity contribution is -0.123. The highest BCUT2D eigenvalue weighted by Gasteiger charge is 2.38. The lowest BCUT2D eigenvalue weighted by atomic mass is 10.1. The Labute approximate surface area is 181 Å². The molecule has 1 saturated carbocycles. The van der Waals surface area contributed by atoms with Gasteiger partial charge in [0.15, 0.2) is 5.82 Å². The second kappa shape index (κ2) is 13.0. The molecule has 1 aliphatic heterocycles. The summed E-state index contributed by atoms with van der Waals surface area (Å²) in [5.41, 5.74) is 0.0100. The number of likely N-dealkylation sites (tertiary alicyclic amines) is 1. The van der Waals surface area contributed by atoms with Crippen LogP contribution in [0.15, 0.2) is 18.5 Å². The summed E-state index contributed by atoms with van der Waals surface area (Å²) in [6.45, 7) is 2.18. The Morgan fingerprint density at radius 3 is 2.65 bits per heavy atom. The second-order valence-corrected chi connectivity index (χ2v) is 7.74. The van der Waals surface area contributed by atoms with E-state index in [9.17, 15) is 14.0 Å². The van der Waals surface area contributed by atoms with Crippen molar-refractivity contribution in [3.8, 4) is 0 Å². The van der Waals surface area contributed by atoms with Crippen molar-refractivity contribution in [2.24, 2.45) is 5.92 Å². The number of aromatic nitrogens is 1. The molecule has 2 heterocycles. The van der Waals surface area contributed by atoms with Gasteiger partial charge in [0.25, 0.3) is 12.4 Å². The van der Waals surface area contributed by atoms with Gasteiger partial charge >= 0.3 is 0 Å². The van der Waals surface area contributed by atoms with Crippen molar-refractivity contribution in [2.45, 2.75) is 44.2 Å². The van der Waals surface area contributed by atoms with E-state index < -0.39 is 11.7 Å². The lowest BCUT2D eigenvalue weighted by Crippen LogP contribution is -2.45. The summed E-state index contributed by atoms with van der Waals surface area (Å²) in [6.07, 6.45) is 7.21. The Morgan fingerprint density at radius 2 is 2.00 bits per heavy atom. The van der Waals surface area contributed by atoms with Gasteiger partial charge in [0.2, 0.25) is 5.91 Å². The van der Waals surface area contributed by atoms with Gasteiger partial charge in [0.1, 0.15) is 0 Å². The molecule has 9 nitrogen and oxygen atoms in total. The number of ether oxygens (including phenoxy) is 1. The first-order chi connectivity index (χ1) is 15.0. The van der Waals surface area contributed by atoms with Gasteiger partial charge in [-0.2, -0.15) is 0 Å². The molecule has 0 bridgehead atoms. The third kappa shape index (κ3) is 8.22. The molecule has 1 aromatic rings. The fraction of sp³-hybridized carbons (Fsp3) is 0.619. The van der Waals surface area contributed by atoms with Crippen LogP contribution in [0.3, 0.4) is 0 Å². The monoisotopic (exact) mass is 438 g/mol. The molecule has 2 amide bonds. The first-order valence-electron chi connectivity index (χ1n) is 10.5. The minimum absolute atomic E-state index is 0.0100. The van der Waals surface area contributed by atoms with Crippen molar-refractivity contribution in [3.63, 3.8) is 0 Å². The van der Waals surface area contributed by atoms with Gasteiger partial charge in [-0.05, 0) is 37.7 Å². The van der Waals surface area contributed by atoms with Crippen molar-refractivity contribution < 1.29 is 28.6 Å². The first kappa shape index (κ1) is 24.7. The maximum Gasteiger partial charge on any atom is 0.290 e. The van der Waals surface area contributed by atoms with Gasteiger partial charge < -0.3 is 20.5 Å². The Bertz CT molecular complexity index is 731. The van der Waals surface area contributed by atoms with E-state index in [1.54, 1.807) is 7.11 Å². The highest BCUT2D eigenvalue weighted by atomic mass is 19.1. The van der Waals surface area contributed by atoms with E-state index in [-0.39, 0.29) is 30.0 Å². The van der Waals surface area contributed by atoms with Crippen LogP contribution in [0.25, 0.3) is 0 Å². The molecule has 0 radical (unpaired) electrons. The molecule has 0 spiro atoms. The number of halogens is 1. The standard InChI is InChI=1S/C20H29FN4O3.CH2O2/c1-28-9-8-23-19(26)10-15-4-5-16(25(15)13-14-2-3-14)11-24-20(27)17-6-7-22-12-18(17)21;2-1-3/h6-7,12,14-16H,2-5,8-11,13H2,1H3,(H,23,26)(H,24,27);1H,(H,2,3)/t15-,16+;/m1./s1. The highest BCUT2D eigenvalue weighted by Crippen LogP contribution is 2.35. The molecule has 3 rings (SSSR count). The lowest BCUT2D eigenvalue weighted by Gasteiger charge is -2.30. The van der Waals surface area contributed by atoms with E-state index in [0.29, 0.717) is 32.0 Å². The van der Waals surface area contributed by atoms with Crippen LogP contribution in [-0.4, -0.2) is 78.7 Å². The Hall–Kier alpha value is -2.59. The fourth-order valence-electron chi connectivity index (χ4n) is 3.79. The van der Waals surface area contributed by atoms with E-state index in [2.05, 4.69) is 20.5 Å². The topological polar surface area (TPSA) is 121 Å². The molecule has 2 aliphatic rings. The van der Waals surface area contributed by atoms with Crippen LogP contribution in [0.1, 0.15) is 42.5 Å². The number of carboxylic acid groups (broad SMARTS) is 1. The van der Waals surface area contributed by atoms with Crippen LogP contribution in [0.2, 0.25) is 0 Å². The van der Waals surface area contributed by atoms with E-state index in [0.717, 1.165) is 25.6 Å². The minimum atomic E-state index is -0.619. The predicted octanol–water partition coefficient (Wildman–Crippen LogP) is 1.05. The predicted molar refractivity (Wildman–Crippen MR) is 111 cm³/mol. The van der Waals surface area contributed by atoms with Crippen LogP contribution < -0.4 is 10.6 Å². The van der Waals surface area contributed by atoms with Gasteiger partial charge in [-0.25, -0.2) is 4.39 Å². The smallest absolute Gasteiger partial charge is 0.290 e. The van der Waals surface area contributed by atoms with Gasteiger partial charge in [-0.1, -0.05) is 0 Å². The number of nitrogens with one attached hydrogen (secondary N) is 2. The largest absolute Gasteiger partial charge is 0.483 e. The van der Waals surface area contributed by atoms with Gasteiger partial charge in [-0.15, -0.1) is 0 Å². The number of amides is 2. The third-order valence-corrected chi connectivity index (χ3v) is 5.50. The number of methoxy groups -OCH3 is 1. The number of pyridine rings is 1. The Morgan fingerprint density at radius 1 is 1.29 bits per heavy atom. The summed E-state index contributed by atoms with van der Waals surface area (Å²) in [5, 5.41) is 12.6. The SMILES string of the molecule is COCCNC(=O)C[C@H]1CC[C@@H](CNC(=O)c2ccncc2F)N1CC1CC1.O=CO. The van der Waals surface area contributed by atoms with Crippen LogP contribution in [0, 0.1) is 11.7 Å². The fourth-order valence-corrected chi connectivity index (χ4v) is 3.79. The molecule has 1 saturated heterocycles. The van der Waals surface area contributed by atoms with Crippen LogP contribution in [0.4, 0.5) is 4.39 Å². The molecule has 3 N–H and O–H groups in total. The summed E-state index contributed by atoms with van der Waals surface area (Å²) in [5.74, 6) is -0.321. The van der Waals surface area contributed by atoms with Crippen molar-refractivity contribution in [3.05, 3.63) is 29.8 Å². The molecule has 1 aliphatic carbocycles. The van der Waals surface area contributed by atoms with Crippen LogP contribution in [0.5, 0.6) is 0 Å². The van der Waals surface area contributed by atoms with Gasteiger partial charge in [0, 0.05) is 51.4 Å². The van der Waals surface area contributed by atoms with Gasteiger partial charge in [-0.3, -0.25) is 24.3 Å². The Balaban J connectivity index is 0.00000107. The van der Waals surface area contributed by atoms with E-state index in [1.165, 1.54) is 25.1 Å². The zero-order valence-corrected chi connectivity index (χ0v) is 17.8. The number of carbonyl (C=O) groups is 3. The maximum atomic E-state index is 13.7. The van der Waals surface area contributed by atoms with Crippen molar-refractivity contribution in [1.82, 2.24) is 20.5 Å². The van der Waals surface area contributed by atoms with Crippen molar-refractivity contribution >= 4 is 18.3 Å². The van der Waals surface area contributed by atoms with E-state index in [4.69, 9.17) is 14.6 Å². The zero-order valence-electron chi connectivity index (χ0n) is 17.8. The molecular formula is C21H31FN4O5. The number of nitrogens with zero attached hydrogens (tertiary/aromatic N) is 2. The summed E-state index contributed by atoms with van der Waals surface area (Å²) >= 11 is 0. The molecule has 1 aromatic heterocycles. The quantitative estimate of drug-likeness (QED) is 0.369. The molecule has 0 aromatic carbocycles. The number of carbonyl (C=O) groups excluding carboxylic acids is 2. The van der Waals surface area contributed by atoms with Crippen molar-refractivity contribution in [1.29, 1.82) is 0 Å². The van der Waals surface area contributed by atoms with Crippen LogP contribution in [-0.2, 0) is 14.3 Å². The number of hydrogen-bond donors (Lipinski definition) is 3. The molecule has 172 valence electrons. The summed E-state index contributed by atoms with van der Waals surface area (Å²) in [7, 11) is 1.61. The molecule has 2 atom stereocenters. The summed E-state index contributed by atoms with van der Waals surface area (Å²) in [6, 6.07) is 1.74. The average Bonchev–Trinajstić information content (AvgIpc) is 3.49. The first-order valence-corrected chi connectivity index (χ1v) is 10.5. The number of rotatable bonds is 10. The van der Waals surface area contributed by atoms with E-state index in [1.807, 2.05) is 0 Å². The highest BCUT2D eigenvalue weighted by molar-refractivity contribution is 5.94. The molecule has 2 fully saturated rings. The second-order valence-electron chi connectivity index (χ2n) is 7.74. The Kier molecular flexibility index (Phi) is 10.3.